The fourth-order valence-corrected chi connectivity index (χ4v) is 5.06. The molecule has 122 valence electrons. The number of nitrogens with one attached hydrogen (secondary N) is 1. The minimum absolute atomic E-state index is 0.347. The SMILES string of the molecule is Cc1cc2c(nc1OC1CC3CCC(C1)N3)C1CCC(C)C=C21. The zero-order valence-electron chi connectivity index (χ0n) is 14.1. The zero-order chi connectivity index (χ0) is 15.6. The molecule has 5 rings (SSSR count). The summed E-state index contributed by atoms with van der Waals surface area (Å²) in [6.07, 6.45) is 10.3. The van der Waals surface area contributed by atoms with Gasteiger partial charge in [-0.15, -0.1) is 0 Å². The largest absolute Gasteiger partial charge is 0.474 e. The van der Waals surface area contributed by atoms with Crippen LogP contribution in [0.4, 0.5) is 0 Å². The van der Waals surface area contributed by atoms with Gasteiger partial charge in [0, 0.05) is 29.1 Å². The van der Waals surface area contributed by atoms with E-state index in [1.807, 2.05) is 0 Å². The summed E-state index contributed by atoms with van der Waals surface area (Å²) in [7, 11) is 0. The Balaban J connectivity index is 1.40. The fourth-order valence-electron chi connectivity index (χ4n) is 5.06. The molecule has 0 radical (unpaired) electrons. The second-order valence-corrected chi connectivity index (χ2v) is 8.12. The predicted octanol–water partition coefficient (Wildman–Crippen LogP) is 3.96. The van der Waals surface area contributed by atoms with Gasteiger partial charge in [-0.05, 0) is 63.0 Å². The van der Waals surface area contributed by atoms with E-state index in [0.29, 0.717) is 24.1 Å². The Morgan fingerprint density at radius 1 is 1.13 bits per heavy atom. The number of hydrogen-bond donors (Lipinski definition) is 1. The maximum Gasteiger partial charge on any atom is 0.216 e. The van der Waals surface area contributed by atoms with Crippen molar-refractivity contribution < 1.29 is 4.74 Å². The van der Waals surface area contributed by atoms with Gasteiger partial charge in [0.15, 0.2) is 0 Å². The van der Waals surface area contributed by atoms with Crippen molar-refractivity contribution in [2.45, 2.75) is 76.5 Å². The molecule has 2 fully saturated rings. The third-order valence-corrected chi connectivity index (χ3v) is 6.30. The van der Waals surface area contributed by atoms with Gasteiger partial charge in [-0.3, -0.25) is 0 Å². The first kappa shape index (κ1) is 14.0. The number of rotatable bonds is 2. The standard InChI is InChI=1S/C20H26N2O/c1-11-3-6-16-17(7-11)18-8-12(2)20(22-19(16)18)23-15-9-13-4-5-14(10-15)21-13/h7-8,11,13-16,21H,3-6,9-10H2,1-2H3. The highest BCUT2D eigenvalue weighted by Gasteiger charge is 2.38. The van der Waals surface area contributed by atoms with Crippen LogP contribution in [0, 0.1) is 12.8 Å². The molecule has 3 heteroatoms. The number of hydrogen-bond acceptors (Lipinski definition) is 3. The van der Waals surface area contributed by atoms with Crippen LogP contribution in [-0.4, -0.2) is 23.2 Å². The highest BCUT2D eigenvalue weighted by Crippen LogP contribution is 2.52. The van der Waals surface area contributed by atoms with Gasteiger partial charge in [-0.1, -0.05) is 13.0 Å². The van der Waals surface area contributed by atoms with Crippen molar-refractivity contribution >= 4 is 5.57 Å². The number of pyridine rings is 1. The first-order valence-corrected chi connectivity index (χ1v) is 9.33. The van der Waals surface area contributed by atoms with E-state index in [4.69, 9.17) is 9.72 Å². The first-order valence-electron chi connectivity index (χ1n) is 9.33. The number of allylic oxidation sites excluding steroid dienone is 2. The van der Waals surface area contributed by atoms with Gasteiger partial charge in [0.05, 0.1) is 5.69 Å². The van der Waals surface area contributed by atoms with Gasteiger partial charge in [-0.2, -0.15) is 0 Å². The molecule has 3 nitrogen and oxygen atoms in total. The van der Waals surface area contributed by atoms with E-state index in [1.165, 1.54) is 42.5 Å². The lowest BCUT2D eigenvalue weighted by Crippen LogP contribution is -2.42. The van der Waals surface area contributed by atoms with Crippen LogP contribution in [-0.2, 0) is 0 Å². The number of aryl methyl sites for hydroxylation is 1. The Kier molecular flexibility index (Phi) is 3.09. The summed E-state index contributed by atoms with van der Waals surface area (Å²) in [4.78, 5) is 4.95. The second-order valence-electron chi connectivity index (χ2n) is 8.12. The molecule has 4 atom stereocenters. The molecular formula is C20H26N2O. The van der Waals surface area contributed by atoms with Gasteiger partial charge < -0.3 is 10.1 Å². The summed E-state index contributed by atoms with van der Waals surface area (Å²) >= 11 is 0. The van der Waals surface area contributed by atoms with E-state index < -0.39 is 0 Å². The van der Waals surface area contributed by atoms with Crippen molar-refractivity contribution in [3.63, 3.8) is 0 Å². The average Bonchev–Trinajstić information content (AvgIpc) is 2.87. The topological polar surface area (TPSA) is 34.1 Å². The van der Waals surface area contributed by atoms with Crippen LogP contribution in [0.15, 0.2) is 12.1 Å². The monoisotopic (exact) mass is 310 g/mol. The molecule has 0 aromatic carbocycles. The molecule has 0 amide bonds. The molecule has 2 saturated heterocycles. The molecule has 4 aliphatic rings. The van der Waals surface area contributed by atoms with Crippen molar-refractivity contribution in [3.05, 3.63) is 29.0 Å². The van der Waals surface area contributed by atoms with E-state index in [1.54, 1.807) is 5.57 Å². The number of fused-ring (bicyclic) bond motifs is 6. The molecule has 2 bridgehead atoms. The van der Waals surface area contributed by atoms with Crippen LogP contribution in [0.1, 0.15) is 68.2 Å². The molecular weight excluding hydrogens is 284 g/mol. The maximum atomic E-state index is 6.37. The lowest BCUT2D eigenvalue weighted by Gasteiger charge is -2.38. The highest BCUT2D eigenvalue weighted by atomic mass is 16.5. The van der Waals surface area contributed by atoms with Crippen molar-refractivity contribution in [1.82, 2.24) is 10.3 Å². The van der Waals surface area contributed by atoms with Gasteiger partial charge in [-0.25, -0.2) is 4.98 Å². The molecule has 1 N–H and O–H groups in total. The molecule has 0 spiro atoms. The minimum atomic E-state index is 0.347. The predicted molar refractivity (Wildman–Crippen MR) is 91.7 cm³/mol. The van der Waals surface area contributed by atoms with E-state index >= 15 is 0 Å². The van der Waals surface area contributed by atoms with Crippen molar-refractivity contribution in [1.29, 1.82) is 0 Å². The van der Waals surface area contributed by atoms with Gasteiger partial charge in [0.25, 0.3) is 0 Å². The zero-order valence-corrected chi connectivity index (χ0v) is 14.1. The Morgan fingerprint density at radius 3 is 2.70 bits per heavy atom. The number of nitrogens with zero attached hydrogens (tertiary/aromatic N) is 1. The first-order chi connectivity index (χ1) is 11.2. The Bertz CT molecular complexity index is 668. The van der Waals surface area contributed by atoms with Crippen LogP contribution in [0.2, 0.25) is 0 Å². The minimum Gasteiger partial charge on any atom is -0.474 e. The van der Waals surface area contributed by atoms with Crippen LogP contribution in [0.25, 0.3) is 5.57 Å². The summed E-state index contributed by atoms with van der Waals surface area (Å²) in [5, 5.41) is 3.69. The summed E-state index contributed by atoms with van der Waals surface area (Å²) in [6.45, 7) is 4.48. The van der Waals surface area contributed by atoms with Crippen molar-refractivity contribution in [2.75, 3.05) is 0 Å². The highest BCUT2D eigenvalue weighted by molar-refractivity contribution is 5.83. The second kappa shape index (κ2) is 5.07. The van der Waals surface area contributed by atoms with Gasteiger partial charge in [0.1, 0.15) is 6.10 Å². The van der Waals surface area contributed by atoms with Crippen LogP contribution < -0.4 is 10.1 Å². The quantitative estimate of drug-likeness (QED) is 0.897. The molecule has 3 heterocycles. The van der Waals surface area contributed by atoms with Crippen LogP contribution in [0.5, 0.6) is 5.88 Å². The average molecular weight is 310 g/mol. The van der Waals surface area contributed by atoms with Crippen molar-refractivity contribution in [3.8, 4) is 5.88 Å². The van der Waals surface area contributed by atoms with E-state index in [9.17, 15) is 0 Å². The normalized spacial score (nSPS) is 37.5. The lowest BCUT2D eigenvalue weighted by atomic mass is 9.68. The third-order valence-electron chi connectivity index (χ3n) is 6.30. The van der Waals surface area contributed by atoms with E-state index in [-0.39, 0.29) is 0 Å². The number of piperidine rings is 1. The summed E-state index contributed by atoms with van der Waals surface area (Å²) < 4.78 is 6.37. The van der Waals surface area contributed by atoms with Crippen LogP contribution in [0.3, 0.4) is 0 Å². The fraction of sp³-hybridized carbons (Fsp3) is 0.650. The maximum absolute atomic E-state index is 6.37. The molecule has 1 aromatic heterocycles. The molecule has 2 aliphatic carbocycles. The summed E-state index contributed by atoms with van der Waals surface area (Å²) in [5.41, 5.74) is 5.42. The molecule has 0 saturated carbocycles. The van der Waals surface area contributed by atoms with Crippen LogP contribution >= 0.6 is 0 Å². The van der Waals surface area contributed by atoms with Gasteiger partial charge in [0.2, 0.25) is 5.88 Å². The van der Waals surface area contributed by atoms with E-state index in [2.05, 4.69) is 31.3 Å². The molecule has 23 heavy (non-hydrogen) atoms. The Morgan fingerprint density at radius 2 is 1.91 bits per heavy atom. The molecule has 2 aliphatic heterocycles. The summed E-state index contributed by atoms with van der Waals surface area (Å²) in [5.74, 6) is 2.19. The van der Waals surface area contributed by atoms with Crippen molar-refractivity contribution in [2.24, 2.45) is 5.92 Å². The lowest BCUT2D eigenvalue weighted by molar-refractivity contribution is 0.130. The molecule has 1 aromatic rings. The Hall–Kier alpha value is -1.35. The molecule has 4 unspecified atom stereocenters. The Labute approximate surface area is 138 Å². The smallest absolute Gasteiger partial charge is 0.216 e. The number of aromatic nitrogens is 1. The third kappa shape index (κ3) is 2.24. The summed E-state index contributed by atoms with van der Waals surface area (Å²) in [6, 6.07) is 3.65. The number of ether oxygens (including phenoxy) is 1. The van der Waals surface area contributed by atoms with Gasteiger partial charge >= 0.3 is 0 Å². The van der Waals surface area contributed by atoms with E-state index in [0.717, 1.165) is 24.6 Å².